The average molecular weight is 225 g/mol. The van der Waals surface area contributed by atoms with Gasteiger partial charge in [-0.15, -0.1) is 0 Å². The van der Waals surface area contributed by atoms with Crippen LogP contribution >= 0.6 is 0 Å². The molecule has 0 fully saturated rings. The van der Waals surface area contributed by atoms with Crippen molar-refractivity contribution >= 4 is 10.9 Å². The Kier molecular flexibility index (Phi) is 1.85. The zero-order valence-electron chi connectivity index (χ0n) is 8.49. The van der Waals surface area contributed by atoms with Crippen LogP contribution in [-0.2, 0) is 12.8 Å². The van der Waals surface area contributed by atoms with Gasteiger partial charge in [0.1, 0.15) is 5.82 Å². The van der Waals surface area contributed by atoms with Crippen molar-refractivity contribution in [3.8, 4) is 0 Å². The zero-order chi connectivity index (χ0) is 11.3. The van der Waals surface area contributed by atoms with Gasteiger partial charge in [0.15, 0.2) is 0 Å². The summed E-state index contributed by atoms with van der Waals surface area (Å²) in [7, 11) is 0. The molecule has 0 saturated carbocycles. The van der Waals surface area contributed by atoms with Crippen molar-refractivity contribution in [2.75, 3.05) is 0 Å². The van der Waals surface area contributed by atoms with Crippen LogP contribution in [0, 0.1) is 5.82 Å². The molecule has 1 nitrogen and oxygen atoms in total. The summed E-state index contributed by atoms with van der Waals surface area (Å²) < 4.78 is 39.6. The predicted molar refractivity (Wildman–Crippen MR) is 55.2 cm³/mol. The molecule has 0 saturated heterocycles. The van der Waals surface area contributed by atoms with Gasteiger partial charge in [-0.05, 0) is 30.2 Å². The standard InChI is InChI=1S/C12H10F3N/c13-7-1-2-10-8(5-7)9-6-12(14,15)4-3-11(9)16-10/h1-2,5,16H,3-4,6H2. The van der Waals surface area contributed by atoms with Gasteiger partial charge in [0, 0.05) is 29.4 Å². The number of halogens is 3. The van der Waals surface area contributed by atoms with E-state index < -0.39 is 5.92 Å². The first-order chi connectivity index (χ1) is 7.55. The third kappa shape index (κ3) is 1.40. The van der Waals surface area contributed by atoms with Crippen molar-refractivity contribution in [1.82, 2.24) is 4.98 Å². The minimum Gasteiger partial charge on any atom is -0.358 e. The monoisotopic (exact) mass is 225 g/mol. The van der Waals surface area contributed by atoms with Crippen LogP contribution in [0.25, 0.3) is 10.9 Å². The Morgan fingerprint density at radius 3 is 2.88 bits per heavy atom. The second-order valence-electron chi connectivity index (χ2n) is 4.30. The molecule has 1 aliphatic carbocycles. The summed E-state index contributed by atoms with van der Waals surface area (Å²) in [6.07, 6.45) is -0.0836. The summed E-state index contributed by atoms with van der Waals surface area (Å²) in [6.45, 7) is 0. The van der Waals surface area contributed by atoms with E-state index in [9.17, 15) is 13.2 Å². The Morgan fingerprint density at radius 1 is 1.25 bits per heavy atom. The van der Waals surface area contributed by atoms with Gasteiger partial charge in [-0.1, -0.05) is 0 Å². The Balaban J connectivity index is 2.23. The summed E-state index contributed by atoms with van der Waals surface area (Å²) >= 11 is 0. The number of benzene rings is 1. The van der Waals surface area contributed by atoms with Gasteiger partial charge in [0.25, 0.3) is 5.92 Å². The van der Waals surface area contributed by atoms with E-state index in [1.54, 1.807) is 6.07 Å². The van der Waals surface area contributed by atoms with Gasteiger partial charge in [0.2, 0.25) is 0 Å². The van der Waals surface area contributed by atoms with E-state index in [0.29, 0.717) is 17.4 Å². The van der Waals surface area contributed by atoms with Crippen molar-refractivity contribution < 1.29 is 13.2 Å². The molecule has 1 aromatic carbocycles. The molecule has 0 aliphatic heterocycles. The lowest BCUT2D eigenvalue weighted by atomic mass is 9.92. The summed E-state index contributed by atoms with van der Waals surface area (Å²) in [5.41, 5.74) is 2.14. The maximum Gasteiger partial charge on any atom is 0.252 e. The van der Waals surface area contributed by atoms with E-state index in [-0.39, 0.29) is 18.7 Å². The molecule has 84 valence electrons. The maximum absolute atomic E-state index is 13.3. The Labute approximate surface area is 90.3 Å². The first-order valence-corrected chi connectivity index (χ1v) is 5.22. The minimum absolute atomic E-state index is 0.130. The molecular weight excluding hydrogens is 215 g/mol. The first-order valence-electron chi connectivity index (χ1n) is 5.22. The summed E-state index contributed by atoms with van der Waals surface area (Å²) in [5.74, 6) is -3.04. The molecule has 0 unspecified atom stereocenters. The summed E-state index contributed by atoms with van der Waals surface area (Å²) in [4.78, 5) is 3.08. The van der Waals surface area contributed by atoms with Crippen LogP contribution in [0.2, 0.25) is 0 Å². The lowest BCUT2D eigenvalue weighted by molar-refractivity contribution is -0.0121. The van der Waals surface area contributed by atoms with E-state index in [1.807, 2.05) is 0 Å². The maximum atomic E-state index is 13.3. The molecule has 1 N–H and O–H groups in total. The highest BCUT2D eigenvalue weighted by Gasteiger charge is 2.35. The summed E-state index contributed by atoms with van der Waals surface area (Å²) in [5, 5.41) is 0.592. The summed E-state index contributed by atoms with van der Waals surface area (Å²) in [6, 6.07) is 4.26. The molecule has 1 heterocycles. The smallest absolute Gasteiger partial charge is 0.252 e. The number of aromatic amines is 1. The second kappa shape index (κ2) is 3.03. The average Bonchev–Trinajstić information content (AvgIpc) is 2.55. The number of alkyl halides is 2. The van der Waals surface area contributed by atoms with E-state index in [2.05, 4.69) is 4.98 Å². The van der Waals surface area contributed by atoms with Crippen LogP contribution in [-0.4, -0.2) is 10.9 Å². The molecule has 1 aliphatic rings. The highest BCUT2D eigenvalue weighted by atomic mass is 19.3. The lowest BCUT2D eigenvalue weighted by Gasteiger charge is -2.21. The Bertz CT molecular complexity index is 557. The van der Waals surface area contributed by atoms with E-state index in [0.717, 1.165) is 11.2 Å². The van der Waals surface area contributed by atoms with Gasteiger partial charge >= 0.3 is 0 Å². The number of hydrogen-bond acceptors (Lipinski definition) is 0. The van der Waals surface area contributed by atoms with Crippen LogP contribution in [0.5, 0.6) is 0 Å². The van der Waals surface area contributed by atoms with Crippen LogP contribution < -0.4 is 0 Å². The zero-order valence-corrected chi connectivity index (χ0v) is 8.49. The lowest BCUT2D eigenvalue weighted by Crippen LogP contribution is -2.25. The fourth-order valence-electron chi connectivity index (χ4n) is 2.35. The first kappa shape index (κ1) is 9.75. The normalized spacial score (nSPS) is 18.7. The topological polar surface area (TPSA) is 15.8 Å². The number of rotatable bonds is 0. The molecule has 0 bridgehead atoms. The SMILES string of the molecule is Fc1ccc2[nH]c3c(c2c1)CC(F)(F)CC3. The molecule has 0 atom stereocenters. The van der Waals surface area contributed by atoms with Crippen molar-refractivity contribution in [2.45, 2.75) is 25.2 Å². The van der Waals surface area contributed by atoms with Gasteiger partial charge in [-0.25, -0.2) is 13.2 Å². The molecule has 4 heteroatoms. The molecule has 0 amide bonds. The molecule has 3 rings (SSSR count). The highest BCUT2D eigenvalue weighted by Crippen LogP contribution is 2.36. The van der Waals surface area contributed by atoms with E-state index >= 15 is 0 Å². The molecule has 0 radical (unpaired) electrons. The Hall–Kier alpha value is -1.45. The molecule has 16 heavy (non-hydrogen) atoms. The third-order valence-electron chi connectivity index (χ3n) is 3.13. The number of aromatic nitrogens is 1. The molecule has 2 aromatic rings. The molecule has 0 spiro atoms. The van der Waals surface area contributed by atoms with Crippen molar-refractivity contribution in [1.29, 1.82) is 0 Å². The van der Waals surface area contributed by atoms with Crippen molar-refractivity contribution in [3.05, 3.63) is 35.3 Å². The quantitative estimate of drug-likeness (QED) is 0.707. The van der Waals surface area contributed by atoms with Crippen LogP contribution in [0.15, 0.2) is 18.2 Å². The second-order valence-corrected chi connectivity index (χ2v) is 4.30. The van der Waals surface area contributed by atoms with Crippen molar-refractivity contribution in [2.24, 2.45) is 0 Å². The Morgan fingerprint density at radius 2 is 2.06 bits per heavy atom. The molecule has 1 aromatic heterocycles. The van der Waals surface area contributed by atoms with Crippen LogP contribution in [0.3, 0.4) is 0 Å². The van der Waals surface area contributed by atoms with Crippen LogP contribution in [0.4, 0.5) is 13.2 Å². The highest BCUT2D eigenvalue weighted by molar-refractivity contribution is 5.85. The third-order valence-corrected chi connectivity index (χ3v) is 3.13. The largest absolute Gasteiger partial charge is 0.358 e. The van der Waals surface area contributed by atoms with Gasteiger partial charge in [-0.2, -0.15) is 0 Å². The number of hydrogen-bond donors (Lipinski definition) is 1. The fraction of sp³-hybridized carbons (Fsp3) is 0.333. The molecular formula is C12H10F3N. The van der Waals surface area contributed by atoms with E-state index in [1.165, 1.54) is 12.1 Å². The number of aryl methyl sites for hydroxylation is 1. The van der Waals surface area contributed by atoms with E-state index in [4.69, 9.17) is 0 Å². The van der Waals surface area contributed by atoms with Crippen molar-refractivity contribution in [3.63, 3.8) is 0 Å². The van der Waals surface area contributed by atoms with Crippen LogP contribution in [0.1, 0.15) is 17.7 Å². The van der Waals surface area contributed by atoms with Gasteiger partial charge in [-0.3, -0.25) is 0 Å². The van der Waals surface area contributed by atoms with Gasteiger partial charge in [0.05, 0.1) is 0 Å². The predicted octanol–water partition coefficient (Wildman–Crippen LogP) is 3.43. The minimum atomic E-state index is -2.66. The number of H-pyrrole nitrogens is 1. The number of nitrogens with one attached hydrogen (secondary N) is 1. The van der Waals surface area contributed by atoms with Gasteiger partial charge < -0.3 is 4.98 Å². The fourth-order valence-corrected chi connectivity index (χ4v) is 2.35. The number of fused-ring (bicyclic) bond motifs is 3.